The molecule has 4 aromatic rings. The molecule has 0 unspecified atom stereocenters. The number of hydrogen-bond donors (Lipinski definition) is 4. The van der Waals surface area contributed by atoms with E-state index in [1.807, 2.05) is 0 Å². The summed E-state index contributed by atoms with van der Waals surface area (Å²) in [5.41, 5.74) is 6.38. The zero-order chi connectivity index (χ0) is 27.5. The van der Waals surface area contributed by atoms with Gasteiger partial charge in [-0.25, -0.2) is 0 Å². The predicted octanol–water partition coefficient (Wildman–Crippen LogP) is 5.59. The van der Waals surface area contributed by atoms with E-state index >= 15 is 0 Å². The molecule has 4 N–H and O–H groups in total. The van der Waals surface area contributed by atoms with Crippen LogP contribution in [0.3, 0.4) is 0 Å². The van der Waals surface area contributed by atoms with Crippen molar-refractivity contribution in [2.45, 2.75) is 47.5 Å². The molecule has 208 valence electrons. The minimum Gasteiger partial charge on any atom is -0.395 e. The molecule has 6 heteroatoms. The van der Waals surface area contributed by atoms with Gasteiger partial charge in [-0.3, -0.25) is 4.90 Å². The van der Waals surface area contributed by atoms with E-state index in [9.17, 15) is 5.11 Å². The van der Waals surface area contributed by atoms with Gasteiger partial charge in [-0.2, -0.15) is 0 Å². The maximum atomic E-state index is 9.40. The summed E-state index contributed by atoms with van der Waals surface area (Å²) in [4.78, 5) is 11.2. The highest BCUT2D eigenvalue weighted by Gasteiger charge is 2.11. The van der Waals surface area contributed by atoms with Crippen molar-refractivity contribution in [2.75, 3.05) is 46.1 Å². The lowest BCUT2D eigenvalue weighted by molar-refractivity contribution is 0.0972. The number of aryl methyl sites for hydroxylation is 1. The molecule has 0 aliphatic carbocycles. The molecule has 2 heterocycles. The number of aliphatic hydroxyl groups excluding tert-OH is 2. The van der Waals surface area contributed by atoms with Crippen molar-refractivity contribution in [1.29, 1.82) is 0 Å². The lowest BCUT2D eigenvalue weighted by Crippen LogP contribution is -2.32. The topological polar surface area (TPSA) is 78.5 Å². The Morgan fingerprint density at radius 1 is 0.737 bits per heavy atom. The van der Waals surface area contributed by atoms with Crippen LogP contribution in [-0.2, 0) is 12.8 Å². The SMILES string of the molecule is CC(C)CN(CCO)CCc1c[nH]c2ccccc12.Cc1[nH]c2ccccc2c1CCN(CO)CC(C)C. The second kappa shape index (κ2) is 15.1. The van der Waals surface area contributed by atoms with E-state index in [2.05, 4.69) is 109 Å². The van der Waals surface area contributed by atoms with Gasteiger partial charge in [0.05, 0.1) is 13.3 Å². The second-order valence-corrected chi connectivity index (χ2v) is 11.2. The van der Waals surface area contributed by atoms with Crippen LogP contribution < -0.4 is 0 Å². The average Bonchev–Trinajstić information content (AvgIpc) is 3.45. The largest absolute Gasteiger partial charge is 0.395 e. The highest BCUT2D eigenvalue weighted by atomic mass is 16.3. The number of nitrogens with zero attached hydrogens (tertiary/aromatic N) is 2. The van der Waals surface area contributed by atoms with Crippen LogP contribution in [0.2, 0.25) is 0 Å². The Labute approximate surface area is 228 Å². The number of nitrogens with one attached hydrogen (secondary N) is 2. The smallest absolute Gasteiger partial charge is 0.0956 e. The summed E-state index contributed by atoms with van der Waals surface area (Å²) in [6, 6.07) is 16.8. The third-order valence-corrected chi connectivity index (χ3v) is 6.94. The number of hydrogen-bond acceptors (Lipinski definition) is 4. The van der Waals surface area contributed by atoms with E-state index in [4.69, 9.17) is 5.11 Å². The summed E-state index contributed by atoms with van der Waals surface area (Å²) in [5, 5.41) is 21.2. The fourth-order valence-electron chi connectivity index (χ4n) is 5.23. The van der Waals surface area contributed by atoms with Crippen molar-refractivity contribution >= 4 is 21.8 Å². The van der Waals surface area contributed by atoms with Crippen LogP contribution in [0.25, 0.3) is 21.8 Å². The first-order valence-corrected chi connectivity index (χ1v) is 14.1. The number of fused-ring (bicyclic) bond motifs is 2. The van der Waals surface area contributed by atoms with Crippen LogP contribution in [0.4, 0.5) is 0 Å². The molecule has 0 aliphatic rings. The Kier molecular flexibility index (Phi) is 11.9. The molecule has 0 spiro atoms. The van der Waals surface area contributed by atoms with Crippen molar-refractivity contribution in [1.82, 2.24) is 19.8 Å². The summed E-state index contributed by atoms with van der Waals surface area (Å²) in [6.45, 7) is 16.0. The van der Waals surface area contributed by atoms with Gasteiger partial charge in [0.1, 0.15) is 0 Å². The Morgan fingerprint density at radius 2 is 1.34 bits per heavy atom. The first kappa shape index (κ1) is 29.9. The predicted molar refractivity (Wildman–Crippen MR) is 161 cm³/mol. The van der Waals surface area contributed by atoms with Gasteiger partial charge in [-0.15, -0.1) is 0 Å². The molecule has 4 rings (SSSR count). The molecule has 0 saturated carbocycles. The summed E-state index contributed by atoms with van der Waals surface area (Å²) in [6.07, 6.45) is 4.11. The lowest BCUT2D eigenvalue weighted by atomic mass is 10.1. The molecule has 2 aromatic carbocycles. The zero-order valence-electron chi connectivity index (χ0n) is 24.0. The molecule has 0 bridgehead atoms. The number of para-hydroxylation sites is 2. The van der Waals surface area contributed by atoms with E-state index in [1.54, 1.807) is 0 Å². The standard InChI is InChI=1S/2C16H24N2O/c1-12(2)10-18(11-19)9-8-14-13(3)17-16-7-5-4-6-15(14)16;1-13(2)12-18(9-10-19)8-7-14-11-17-16-6-4-3-5-15(14)16/h4-7,12,17,19H,8-11H2,1-3H3;3-6,11,13,17,19H,7-10,12H2,1-2H3. The summed E-state index contributed by atoms with van der Waals surface area (Å²) < 4.78 is 0. The maximum Gasteiger partial charge on any atom is 0.0956 e. The van der Waals surface area contributed by atoms with E-state index in [0.29, 0.717) is 11.8 Å². The molecule has 0 amide bonds. The number of aromatic nitrogens is 2. The van der Waals surface area contributed by atoms with Crippen molar-refractivity contribution in [3.63, 3.8) is 0 Å². The minimum absolute atomic E-state index is 0.138. The van der Waals surface area contributed by atoms with Crippen molar-refractivity contribution in [3.05, 3.63) is 71.5 Å². The number of H-pyrrole nitrogens is 2. The summed E-state index contributed by atoms with van der Waals surface area (Å²) in [7, 11) is 0. The third-order valence-electron chi connectivity index (χ3n) is 6.94. The molecular formula is C32H48N4O2. The van der Waals surface area contributed by atoms with Crippen LogP contribution in [0.5, 0.6) is 0 Å². The second-order valence-electron chi connectivity index (χ2n) is 11.2. The number of aliphatic hydroxyl groups is 2. The Morgan fingerprint density at radius 3 is 2.00 bits per heavy atom. The van der Waals surface area contributed by atoms with E-state index in [0.717, 1.165) is 45.6 Å². The van der Waals surface area contributed by atoms with Crippen molar-refractivity contribution in [3.8, 4) is 0 Å². The molecular weight excluding hydrogens is 472 g/mol. The Balaban J connectivity index is 0.000000211. The van der Waals surface area contributed by atoms with Gasteiger partial charge in [-0.05, 0) is 54.9 Å². The van der Waals surface area contributed by atoms with E-state index < -0.39 is 0 Å². The Hall–Kier alpha value is -2.64. The summed E-state index contributed by atoms with van der Waals surface area (Å²) >= 11 is 0. The van der Waals surface area contributed by atoms with Crippen LogP contribution in [0.15, 0.2) is 54.7 Å². The highest BCUT2D eigenvalue weighted by Crippen LogP contribution is 2.22. The van der Waals surface area contributed by atoms with Crippen LogP contribution in [0.1, 0.15) is 44.5 Å². The molecule has 0 fully saturated rings. The van der Waals surface area contributed by atoms with Crippen molar-refractivity contribution in [2.24, 2.45) is 11.8 Å². The van der Waals surface area contributed by atoms with E-state index in [1.165, 1.54) is 38.6 Å². The molecule has 0 atom stereocenters. The number of benzene rings is 2. The maximum absolute atomic E-state index is 9.40. The van der Waals surface area contributed by atoms with Gasteiger partial charge in [-0.1, -0.05) is 64.1 Å². The van der Waals surface area contributed by atoms with Gasteiger partial charge in [0.15, 0.2) is 0 Å². The first-order chi connectivity index (χ1) is 18.3. The quantitative estimate of drug-likeness (QED) is 0.173. The van der Waals surface area contributed by atoms with Gasteiger partial charge in [0.2, 0.25) is 0 Å². The first-order valence-electron chi connectivity index (χ1n) is 14.1. The van der Waals surface area contributed by atoms with E-state index in [-0.39, 0.29) is 13.3 Å². The van der Waals surface area contributed by atoms with Crippen LogP contribution in [0, 0.1) is 18.8 Å². The minimum atomic E-state index is 0.138. The van der Waals surface area contributed by atoms with Crippen LogP contribution >= 0.6 is 0 Å². The van der Waals surface area contributed by atoms with Gasteiger partial charge >= 0.3 is 0 Å². The monoisotopic (exact) mass is 520 g/mol. The molecule has 0 saturated heterocycles. The fraction of sp³-hybridized carbons (Fsp3) is 0.500. The Bertz CT molecular complexity index is 1230. The molecule has 6 nitrogen and oxygen atoms in total. The van der Waals surface area contributed by atoms with Gasteiger partial charge in [0, 0.05) is 66.4 Å². The summed E-state index contributed by atoms with van der Waals surface area (Å²) in [5.74, 6) is 1.21. The number of rotatable bonds is 13. The molecule has 2 aromatic heterocycles. The molecule has 0 radical (unpaired) electrons. The van der Waals surface area contributed by atoms with Crippen molar-refractivity contribution < 1.29 is 10.2 Å². The third kappa shape index (κ3) is 8.70. The van der Waals surface area contributed by atoms with Gasteiger partial charge in [0.25, 0.3) is 0 Å². The normalized spacial score (nSPS) is 11.9. The average molecular weight is 521 g/mol. The number of aromatic amines is 2. The van der Waals surface area contributed by atoms with Crippen LogP contribution in [-0.4, -0.2) is 76.0 Å². The molecule has 38 heavy (non-hydrogen) atoms. The fourth-order valence-corrected chi connectivity index (χ4v) is 5.23. The molecule has 0 aliphatic heterocycles. The lowest BCUT2D eigenvalue weighted by Gasteiger charge is -2.23. The highest BCUT2D eigenvalue weighted by molar-refractivity contribution is 5.84. The zero-order valence-corrected chi connectivity index (χ0v) is 24.0. The van der Waals surface area contributed by atoms with Gasteiger partial charge < -0.3 is 25.1 Å².